The van der Waals surface area contributed by atoms with E-state index >= 15 is 0 Å². The molecule has 0 aromatic carbocycles. The first-order valence-electron chi connectivity index (χ1n) is 2.46. The van der Waals surface area contributed by atoms with Gasteiger partial charge in [0.15, 0.2) is 0 Å². The van der Waals surface area contributed by atoms with Crippen molar-refractivity contribution >= 4 is 0 Å². The summed E-state index contributed by atoms with van der Waals surface area (Å²) in [6.45, 7) is 13.7. The Morgan fingerprint density at radius 1 is 1.38 bits per heavy atom. The van der Waals surface area contributed by atoms with Gasteiger partial charge in [-0.2, -0.15) is 0 Å². The van der Waals surface area contributed by atoms with Gasteiger partial charge in [0.1, 0.15) is 0 Å². The van der Waals surface area contributed by atoms with Crippen molar-refractivity contribution in [1.82, 2.24) is 0 Å². The maximum Gasteiger partial charge on any atom is 0 e. The minimum Gasteiger partial charge on any atom is -0.242 e. The van der Waals surface area contributed by atoms with Crippen molar-refractivity contribution in [3.05, 3.63) is 19.1 Å². The maximum absolute atomic E-state index is 3.72. The fourth-order valence-corrected chi connectivity index (χ4v) is 0. The molecular weight excluding hydrogens is 190 g/mol. The number of rotatable bonds is 0. The van der Waals surface area contributed by atoms with Gasteiger partial charge >= 0.3 is 0 Å². The van der Waals surface area contributed by atoms with E-state index in [-0.39, 0.29) is 25.8 Å². The first kappa shape index (κ1) is 11.1. The molecule has 8 heavy (non-hydrogen) atoms. The fourth-order valence-electron chi connectivity index (χ4n) is 0. The molecule has 0 nitrogen and oxygen atoms in total. The van der Waals surface area contributed by atoms with Crippen molar-refractivity contribution in [2.45, 2.75) is 20.8 Å². The van der Waals surface area contributed by atoms with Crippen molar-refractivity contribution in [3.8, 4) is 0 Å². The van der Waals surface area contributed by atoms with Crippen LogP contribution < -0.4 is 0 Å². The number of hydrogen-bond donors (Lipinski definition) is 0. The van der Waals surface area contributed by atoms with Gasteiger partial charge in [-0.05, 0) is 5.41 Å². The third kappa shape index (κ3) is 4.43. The van der Waals surface area contributed by atoms with Crippen LogP contribution in [0.25, 0.3) is 0 Å². The van der Waals surface area contributed by atoms with Crippen LogP contribution in [0.4, 0.5) is 0 Å². The second-order valence-corrected chi connectivity index (χ2v) is 2.85. The van der Waals surface area contributed by atoms with E-state index in [2.05, 4.69) is 34.3 Å². The van der Waals surface area contributed by atoms with Crippen LogP contribution in [-0.4, -0.2) is 0 Å². The van der Waals surface area contributed by atoms with Crippen molar-refractivity contribution in [2.24, 2.45) is 5.41 Å². The average Bonchev–Trinajstić information content (AvgIpc) is 1.31. The van der Waals surface area contributed by atoms with Gasteiger partial charge in [-0.1, -0.05) is 20.8 Å². The van der Waals surface area contributed by atoms with Crippen LogP contribution in [0.1, 0.15) is 20.8 Å². The summed E-state index contributed by atoms with van der Waals surface area (Å²) in [4.78, 5) is 0. The monoisotopic (exact) mass is 203 g/mol. The zero-order valence-electron chi connectivity index (χ0n) is 5.73. The second-order valence-electron chi connectivity index (χ2n) is 2.85. The molecule has 0 amide bonds. The van der Waals surface area contributed by atoms with Gasteiger partial charge in [0.2, 0.25) is 0 Å². The van der Waals surface area contributed by atoms with Gasteiger partial charge in [-0.25, -0.2) is 19.1 Å². The minimum atomic E-state index is 0. The molecule has 52 valence electrons. The quantitative estimate of drug-likeness (QED) is 0.419. The number of allylic oxidation sites excluding steroid dienone is 1. The molecule has 0 aliphatic carbocycles. The smallest absolute Gasteiger partial charge is 0 e. The van der Waals surface area contributed by atoms with Gasteiger partial charge in [0.25, 0.3) is 0 Å². The van der Waals surface area contributed by atoms with Crippen LogP contribution in [0.3, 0.4) is 0 Å². The Kier molecular flexibility index (Phi) is 4.63. The van der Waals surface area contributed by atoms with Crippen LogP contribution in [0.2, 0.25) is 0 Å². The van der Waals surface area contributed by atoms with E-state index in [4.69, 9.17) is 0 Å². The molecule has 0 aromatic heterocycles. The standard InChI is InChI=1S/C7H13.Pd/c1-6(2)7(3,4)5;/h1-2H2,3-5H3;/q-1;. The Labute approximate surface area is 66.0 Å². The molecule has 0 spiro atoms. The van der Waals surface area contributed by atoms with Crippen LogP contribution >= 0.6 is 0 Å². The molecule has 0 radical (unpaired) electrons. The molecule has 0 fully saturated rings. The average molecular weight is 204 g/mol. The summed E-state index contributed by atoms with van der Waals surface area (Å²) >= 11 is 0. The maximum atomic E-state index is 3.72. The summed E-state index contributed by atoms with van der Waals surface area (Å²) in [6, 6.07) is 0. The van der Waals surface area contributed by atoms with Crippen LogP contribution in [-0.2, 0) is 20.4 Å². The Morgan fingerprint density at radius 2 is 1.50 bits per heavy atom. The molecule has 0 aromatic rings. The van der Waals surface area contributed by atoms with E-state index in [9.17, 15) is 0 Å². The zero-order valence-corrected chi connectivity index (χ0v) is 7.29. The summed E-state index contributed by atoms with van der Waals surface area (Å²) in [5, 5.41) is 0. The zero-order chi connectivity index (χ0) is 6.08. The summed E-state index contributed by atoms with van der Waals surface area (Å²) < 4.78 is 0. The summed E-state index contributed by atoms with van der Waals surface area (Å²) in [7, 11) is 0. The second kappa shape index (κ2) is 3.33. The van der Waals surface area contributed by atoms with Gasteiger partial charge < -0.3 is 0 Å². The predicted molar refractivity (Wildman–Crippen MR) is 34.0 cm³/mol. The molecule has 0 saturated carbocycles. The molecule has 0 unspecified atom stereocenters. The van der Waals surface area contributed by atoms with Crippen molar-refractivity contribution in [3.63, 3.8) is 0 Å². The summed E-state index contributed by atoms with van der Waals surface area (Å²) in [5.74, 6) is 0. The van der Waals surface area contributed by atoms with Crippen LogP contribution in [0, 0.1) is 12.3 Å². The first-order chi connectivity index (χ1) is 2.94. The molecule has 0 N–H and O–H groups in total. The van der Waals surface area contributed by atoms with E-state index < -0.39 is 0 Å². The molecule has 0 atom stereocenters. The van der Waals surface area contributed by atoms with E-state index in [0.29, 0.717) is 0 Å². The third-order valence-corrected chi connectivity index (χ3v) is 1.06. The van der Waals surface area contributed by atoms with E-state index in [1.807, 2.05) is 0 Å². The molecule has 1 heteroatoms. The Hall–Kier alpha value is 0.272. The van der Waals surface area contributed by atoms with E-state index in [1.165, 1.54) is 0 Å². The Morgan fingerprint density at radius 3 is 1.50 bits per heavy atom. The van der Waals surface area contributed by atoms with Gasteiger partial charge in [0, 0.05) is 20.4 Å². The van der Waals surface area contributed by atoms with Crippen molar-refractivity contribution < 1.29 is 20.4 Å². The van der Waals surface area contributed by atoms with Crippen molar-refractivity contribution in [1.29, 1.82) is 0 Å². The molecule has 0 heterocycles. The van der Waals surface area contributed by atoms with Crippen molar-refractivity contribution in [2.75, 3.05) is 0 Å². The summed E-state index contributed by atoms with van der Waals surface area (Å²) in [6.07, 6.45) is 0. The van der Waals surface area contributed by atoms with E-state index in [1.54, 1.807) is 0 Å². The van der Waals surface area contributed by atoms with Gasteiger partial charge in [-0.15, -0.1) is 0 Å². The Balaban J connectivity index is 0. The van der Waals surface area contributed by atoms with Crippen LogP contribution in [0.15, 0.2) is 12.2 Å². The predicted octanol–water partition coefficient (Wildman–Crippen LogP) is 2.42. The topological polar surface area (TPSA) is 0 Å². The van der Waals surface area contributed by atoms with Gasteiger partial charge in [-0.3, -0.25) is 0 Å². The number of hydrogen-bond acceptors (Lipinski definition) is 0. The minimum absolute atomic E-state index is 0. The molecule has 0 rings (SSSR count). The normalized spacial score (nSPS) is 9.88. The van der Waals surface area contributed by atoms with E-state index in [0.717, 1.165) is 5.57 Å². The fraction of sp³-hybridized carbons (Fsp3) is 0.571. The third-order valence-electron chi connectivity index (χ3n) is 1.06. The molecular formula is C7H13Pd-. The molecule has 0 saturated heterocycles. The molecule has 0 aliphatic heterocycles. The molecule has 0 bridgehead atoms. The van der Waals surface area contributed by atoms with Gasteiger partial charge in [0.05, 0.1) is 0 Å². The molecule has 0 aliphatic rings. The van der Waals surface area contributed by atoms with Crippen LogP contribution in [0.5, 0.6) is 0 Å². The largest absolute Gasteiger partial charge is 0.242 e. The first-order valence-corrected chi connectivity index (χ1v) is 2.46. The SMILES string of the molecule is C=C([CH2-])C(C)(C)C.[Pd]. The summed E-state index contributed by atoms with van der Waals surface area (Å²) in [5.41, 5.74) is 1.19. The Bertz CT molecular complexity index is 76.9.